The second-order valence-corrected chi connectivity index (χ2v) is 5.49. The largest absolute Gasteiger partial charge is 0.320 e. The van der Waals surface area contributed by atoms with Gasteiger partial charge in [-0.1, -0.05) is 24.8 Å². The van der Waals surface area contributed by atoms with Crippen LogP contribution in [0.5, 0.6) is 0 Å². The Kier molecular flexibility index (Phi) is 7.38. The lowest BCUT2D eigenvalue weighted by atomic mass is 10.1. The molecule has 1 rings (SSSR count). The highest BCUT2D eigenvalue weighted by atomic mass is 19.1. The smallest absolute Gasteiger partial charge is 0.138 e. The lowest BCUT2D eigenvalue weighted by molar-refractivity contribution is 0.174. The lowest BCUT2D eigenvalue weighted by Gasteiger charge is -2.30. The summed E-state index contributed by atoms with van der Waals surface area (Å²) in [6.45, 7) is 7.34. The summed E-state index contributed by atoms with van der Waals surface area (Å²) in [7, 11) is 4.14. The molecular formula is C17H26FN3. The Morgan fingerprint density at radius 2 is 2.05 bits per heavy atom. The molecule has 0 radical (unpaired) electrons. The zero-order chi connectivity index (χ0) is 15.8. The Morgan fingerprint density at radius 3 is 2.62 bits per heavy atom. The van der Waals surface area contributed by atoms with Crippen molar-refractivity contribution in [2.45, 2.75) is 26.4 Å². The van der Waals surface area contributed by atoms with Crippen molar-refractivity contribution in [2.75, 3.05) is 33.7 Å². The van der Waals surface area contributed by atoms with E-state index >= 15 is 0 Å². The van der Waals surface area contributed by atoms with Gasteiger partial charge >= 0.3 is 0 Å². The molecule has 1 unspecified atom stereocenters. The van der Waals surface area contributed by atoms with Crippen LogP contribution in [0.4, 0.5) is 4.39 Å². The summed E-state index contributed by atoms with van der Waals surface area (Å²) in [5.74, 6) is 5.21. The predicted octanol–water partition coefficient (Wildman–Crippen LogP) is 1.91. The van der Waals surface area contributed by atoms with Crippen LogP contribution in [0.2, 0.25) is 0 Å². The van der Waals surface area contributed by atoms with Gasteiger partial charge in [-0.05, 0) is 45.3 Å². The predicted molar refractivity (Wildman–Crippen MR) is 86.4 cm³/mol. The van der Waals surface area contributed by atoms with Gasteiger partial charge in [0.1, 0.15) is 5.82 Å². The van der Waals surface area contributed by atoms with Crippen LogP contribution < -0.4 is 5.73 Å². The standard InChI is InChI=1S/C17H26FN3/c1-5-21(14(2)12-20(3)4)13-15-8-9-17(18)16(11-15)7-6-10-19/h8-9,11,14H,5,10,12-13,19H2,1-4H3. The minimum atomic E-state index is -0.288. The number of hydrogen-bond acceptors (Lipinski definition) is 3. The van der Waals surface area contributed by atoms with Crippen molar-refractivity contribution >= 4 is 0 Å². The first-order valence-electron chi connectivity index (χ1n) is 7.34. The van der Waals surface area contributed by atoms with Gasteiger partial charge in [-0.15, -0.1) is 0 Å². The zero-order valence-corrected chi connectivity index (χ0v) is 13.5. The molecule has 0 fully saturated rings. The van der Waals surface area contributed by atoms with E-state index in [1.807, 2.05) is 12.1 Å². The summed E-state index contributed by atoms with van der Waals surface area (Å²) >= 11 is 0. The maximum atomic E-state index is 13.7. The van der Waals surface area contributed by atoms with Gasteiger partial charge in [0.25, 0.3) is 0 Å². The van der Waals surface area contributed by atoms with E-state index in [4.69, 9.17) is 5.73 Å². The van der Waals surface area contributed by atoms with Crippen molar-refractivity contribution < 1.29 is 4.39 Å². The molecular weight excluding hydrogens is 265 g/mol. The fourth-order valence-electron chi connectivity index (χ4n) is 2.37. The molecule has 21 heavy (non-hydrogen) atoms. The first kappa shape index (κ1) is 17.6. The van der Waals surface area contributed by atoms with Crippen molar-refractivity contribution in [2.24, 2.45) is 5.73 Å². The van der Waals surface area contributed by atoms with Crippen LogP contribution in [-0.4, -0.2) is 49.6 Å². The Bertz CT molecular complexity index is 502. The second-order valence-electron chi connectivity index (χ2n) is 5.49. The number of halogens is 1. The topological polar surface area (TPSA) is 32.5 Å². The third-order valence-corrected chi connectivity index (χ3v) is 3.40. The van der Waals surface area contributed by atoms with Crippen LogP contribution in [0.3, 0.4) is 0 Å². The molecule has 1 atom stereocenters. The molecule has 4 heteroatoms. The first-order valence-corrected chi connectivity index (χ1v) is 7.34. The van der Waals surface area contributed by atoms with Gasteiger partial charge in [0.2, 0.25) is 0 Å². The van der Waals surface area contributed by atoms with E-state index in [1.165, 1.54) is 6.07 Å². The molecule has 0 aromatic heterocycles. The maximum Gasteiger partial charge on any atom is 0.138 e. The van der Waals surface area contributed by atoms with E-state index in [-0.39, 0.29) is 12.4 Å². The van der Waals surface area contributed by atoms with E-state index < -0.39 is 0 Å². The number of nitrogens with zero attached hydrogens (tertiary/aromatic N) is 2. The average Bonchev–Trinajstić information content (AvgIpc) is 2.44. The van der Waals surface area contributed by atoms with Crippen LogP contribution in [0.25, 0.3) is 0 Å². The normalized spacial score (nSPS) is 12.4. The lowest BCUT2D eigenvalue weighted by Crippen LogP contribution is -2.39. The van der Waals surface area contributed by atoms with E-state index in [9.17, 15) is 4.39 Å². The van der Waals surface area contributed by atoms with Gasteiger partial charge in [-0.25, -0.2) is 4.39 Å². The Labute approximate surface area is 127 Å². The molecule has 0 spiro atoms. The van der Waals surface area contributed by atoms with E-state index in [1.54, 1.807) is 0 Å². The molecule has 1 aromatic rings. The summed E-state index contributed by atoms with van der Waals surface area (Å²) < 4.78 is 13.7. The van der Waals surface area contributed by atoms with Gasteiger partial charge < -0.3 is 10.6 Å². The van der Waals surface area contributed by atoms with Crippen LogP contribution in [-0.2, 0) is 6.54 Å². The molecule has 0 heterocycles. The minimum Gasteiger partial charge on any atom is -0.320 e. The Balaban J connectivity index is 2.85. The molecule has 0 saturated heterocycles. The molecule has 1 aromatic carbocycles. The number of nitrogens with two attached hydrogens (primary N) is 1. The third-order valence-electron chi connectivity index (χ3n) is 3.40. The van der Waals surface area contributed by atoms with Crippen LogP contribution >= 0.6 is 0 Å². The van der Waals surface area contributed by atoms with Gasteiger partial charge in [0.15, 0.2) is 0 Å². The monoisotopic (exact) mass is 291 g/mol. The maximum absolute atomic E-state index is 13.7. The third kappa shape index (κ3) is 5.84. The van der Waals surface area contributed by atoms with Crippen LogP contribution in [0, 0.1) is 17.7 Å². The molecule has 0 aliphatic carbocycles. The molecule has 0 aliphatic rings. The number of benzene rings is 1. The van der Waals surface area contributed by atoms with E-state index in [2.05, 4.69) is 49.6 Å². The van der Waals surface area contributed by atoms with Crippen LogP contribution in [0.1, 0.15) is 25.0 Å². The van der Waals surface area contributed by atoms with Gasteiger partial charge in [0.05, 0.1) is 12.1 Å². The molecule has 0 saturated carbocycles. The van der Waals surface area contributed by atoms with Crippen molar-refractivity contribution in [3.63, 3.8) is 0 Å². The quantitative estimate of drug-likeness (QED) is 0.813. The molecule has 2 N–H and O–H groups in total. The summed E-state index contributed by atoms with van der Waals surface area (Å²) in [6, 6.07) is 5.57. The highest BCUT2D eigenvalue weighted by molar-refractivity contribution is 5.38. The molecule has 0 aliphatic heterocycles. The van der Waals surface area contributed by atoms with Crippen molar-refractivity contribution in [1.29, 1.82) is 0 Å². The second kappa shape index (κ2) is 8.78. The fourth-order valence-corrected chi connectivity index (χ4v) is 2.37. The molecule has 116 valence electrons. The van der Waals surface area contributed by atoms with Crippen molar-refractivity contribution in [3.8, 4) is 11.8 Å². The van der Waals surface area contributed by atoms with Crippen molar-refractivity contribution in [1.82, 2.24) is 9.80 Å². The van der Waals surface area contributed by atoms with Crippen molar-refractivity contribution in [3.05, 3.63) is 35.1 Å². The van der Waals surface area contributed by atoms with Gasteiger partial charge in [0, 0.05) is 19.1 Å². The number of likely N-dealkylation sites (N-methyl/N-ethyl adjacent to an activating group) is 2. The summed E-state index contributed by atoms with van der Waals surface area (Å²) in [6.07, 6.45) is 0. The highest BCUT2D eigenvalue weighted by Gasteiger charge is 2.14. The summed E-state index contributed by atoms with van der Waals surface area (Å²) in [5, 5.41) is 0. The number of hydrogen-bond donors (Lipinski definition) is 1. The molecule has 3 nitrogen and oxygen atoms in total. The fraction of sp³-hybridized carbons (Fsp3) is 0.529. The summed E-state index contributed by atoms with van der Waals surface area (Å²) in [5.41, 5.74) is 6.84. The molecule has 0 bridgehead atoms. The van der Waals surface area contributed by atoms with Gasteiger partial charge in [-0.2, -0.15) is 0 Å². The summed E-state index contributed by atoms with van der Waals surface area (Å²) in [4.78, 5) is 4.55. The number of rotatable bonds is 6. The van der Waals surface area contributed by atoms with E-state index in [0.717, 1.165) is 25.2 Å². The molecule has 0 amide bonds. The average molecular weight is 291 g/mol. The van der Waals surface area contributed by atoms with E-state index in [0.29, 0.717) is 11.6 Å². The minimum absolute atomic E-state index is 0.241. The Hall–Kier alpha value is -1.41. The highest BCUT2D eigenvalue weighted by Crippen LogP contribution is 2.13. The Morgan fingerprint density at radius 1 is 1.33 bits per heavy atom. The van der Waals surface area contributed by atoms with Gasteiger partial charge in [-0.3, -0.25) is 4.90 Å². The first-order chi connectivity index (χ1) is 9.97. The van der Waals surface area contributed by atoms with Crippen LogP contribution in [0.15, 0.2) is 18.2 Å². The SMILES string of the molecule is CCN(Cc1ccc(F)c(C#CCN)c1)C(C)CN(C)C. The zero-order valence-electron chi connectivity index (χ0n) is 13.5.